The first kappa shape index (κ1) is 13.4. The van der Waals surface area contributed by atoms with Gasteiger partial charge in [-0.3, -0.25) is 4.90 Å². The minimum absolute atomic E-state index is 0.665. The molecule has 104 valence electrons. The molecular weight excluding hydrogens is 304 g/mol. The van der Waals surface area contributed by atoms with Crippen molar-refractivity contribution >= 4 is 15.9 Å². The van der Waals surface area contributed by atoms with Crippen LogP contribution >= 0.6 is 15.9 Å². The largest absolute Gasteiger partial charge is 0.497 e. The first-order valence-corrected chi connectivity index (χ1v) is 7.75. The average molecular weight is 325 g/mol. The zero-order valence-electron chi connectivity index (χ0n) is 11.5. The van der Waals surface area contributed by atoms with Crippen LogP contribution in [-0.2, 0) is 6.54 Å². The Morgan fingerprint density at radius 2 is 2.26 bits per heavy atom. The third kappa shape index (κ3) is 2.54. The number of nitrogens with one attached hydrogen (secondary N) is 1. The Hall–Kier alpha value is -0.580. The number of benzene rings is 1. The highest BCUT2D eigenvalue weighted by Gasteiger charge is 2.41. The molecule has 3 rings (SSSR count). The van der Waals surface area contributed by atoms with Crippen molar-refractivity contribution in [2.24, 2.45) is 11.8 Å². The number of nitrogens with zero attached hydrogens (tertiary/aromatic N) is 1. The maximum absolute atomic E-state index is 5.33. The molecule has 4 heteroatoms. The molecule has 2 heterocycles. The van der Waals surface area contributed by atoms with Crippen molar-refractivity contribution in [2.45, 2.75) is 19.5 Å². The maximum Gasteiger partial charge on any atom is 0.119 e. The minimum atomic E-state index is 0.665. The van der Waals surface area contributed by atoms with Crippen LogP contribution in [0.4, 0.5) is 0 Å². The Morgan fingerprint density at radius 3 is 3.00 bits per heavy atom. The molecule has 2 aliphatic heterocycles. The summed E-state index contributed by atoms with van der Waals surface area (Å²) < 4.78 is 6.50. The van der Waals surface area contributed by atoms with E-state index in [9.17, 15) is 0 Å². The van der Waals surface area contributed by atoms with E-state index in [-0.39, 0.29) is 0 Å². The molecule has 19 heavy (non-hydrogen) atoms. The highest BCUT2D eigenvalue weighted by Crippen LogP contribution is 2.34. The first-order chi connectivity index (χ1) is 9.19. The van der Waals surface area contributed by atoms with E-state index < -0.39 is 0 Å². The van der Waals surface area contributed by atoms with Gasteiger partial charge in [-0.1, -0.05) is 15.9 Å². The second kappa shape index (κ2) is 5.43. The molecule has 2 aliphatic rings. The monoisotopic (exact) mass is 324 g/mol. The Labute approximate surface area is 123 Å². The summed E-state index contributed by atoms with van der Waals surface area (Å²) in [7, 11) is 1.72. The highest BCUT2D eigenvalue weighted by molar-refractivity contribution is 9.10. The van der Waals surface area contributed by atoms with Crippen LogP contribution in [-0.4, -0.2) is 37.7 Å². The lowest BCUT2D eigenvalue weighted by atomic mass is 9.95. The van der Waals surface area contributed by atoms with Gasteiger partial charge in [0.15, 0.2) is 0 Å². The SMILES string of the molecule is COc1ccc(Br)c(CN2CC3CNCC3C2C)c1. The van der Waals surface area contributed by atoms with Gasteiger partial charge in [-0.15, -0.1) is 0 Å². The number of hydrogen-bond acceptors (Lipinski definition) is 3. The fourth-order valence-electron chi connectivity index (χ4n) is 3.48. The molecule has 0 aliphatic carbocycles. The van der Waals surface area contributed by atoms with Crippen molar-refractivity contribution in [1.29, 1.82) is 0 Å². The van der Waals surface area contributed by atoms with E-state index in [0.717, 1.165) is 24.1 Å². The Kier molecular flexibility index (Phi) is 3.83. The quantitative estimate of drug-likeness (QED) is 0.924. The zero-order valence-corrected chi connectivity index (χ0v) is 13.1. The molecular formula is C15H21BrN2O. The van der Waals surface area contributed by atoms with Gasteiger partial charge in [-0.25, -0.2) is 0 Å². The van der Waals surface area contributed by atoms with Crippen molar-refractivity contribution in [3.05, 3.63) is 28.2 Å². The third-order valence-corrected chi connectivity index (χ3v) is 5.46. The Balaban J connectivity index is 1.75. The number of methoxy groups -OCH3 is 1. The van der Waals surface area contributed by atoms with Gasteiger partial charge in [0.05, 0.1) is 7.11 Å². The fraction of sp³-hybridized carbons (Fsp3) is 0.600. The van der Waals surface area contributed by atoms with Gasteiger partial charge < -0.3 is 10.1 Å². The lowest BCUT2D eigenvalue weighted by Crippen LogP contribution is -2.32. The molecule has 1 aromatic rings. The summed E-state index contributed by atoms with van der Waals surface area (Å²) in [6.45, 7) is 6.95. The Bertz CT molecular complexity index is 465. The minimum Gasteiger partial charge on any atom is -0.497 e. The molecule has 3 nitrogen and oxygen atoms in total. The molecule has 0 amide bonds. The number of ether oxygens (including phenoxy) is 1. The van der Waals surface area contributed by atoms with Crippen molar-refractivity contribution in [3.63, 3.8) is 0 Å². The number of halogens is 1. The second-order valence-electron chi connectivity index (χ2n) is 5.71. The summed E-state index contributed by atoms with van der Waals surface area (Å²) in [5.74, 6) is 2.59. The standard InChI is InChI=1S/C15H21BrN2O/c1-10-14-7-17-6-12(14)9-18(10)8-11-5-13(19-2)3-4-15(11)16/h3-5,10,12,14,17H,6-9H2,1-2H3. The average Bonchev–Trinajstić information content (AvgIpc) is 2.97. The van der Waals surface area contributed by atoms with E-state index in [0.29, 0.717) is 6.04 Å². The first-order valence-electron chi connectivity index (χ1n) is 6.96. The van der Waals surface area contributed by atoms with E-state index in [1.54, 1.807) is 7.11 Å². The van der Waals surface area contributed by atoms with Crippen LogP contribution in [0, 0.1) is 11.8 Å². The van der Waals surface area contributed by atoms with Crippen molar-refractivity contribution in [1.82, 2.24) is 10.2 Å². The van der Waals surface area contributed by atoms with Gasteiger partial charge in [0.2, 0.25) is 0 Å². The van der Waals surface area contributed by atoms with Crippen LogP contribution in [0.1, 0.15) is 12.5 Å². The number of rotatable bonds is 3. The molecule has 1 aromatic carbocycles. The number of fused-ring (bicyclic) bond motifs is 1. The number of likely N-dealkylation sites (tertiary alicyclic amines) is 1. The topological polar surface area (TPSA) is 24.5 Å². The van der Waals surface area contributed by atoms with Crippen LogP contribution in [0.3, 0.4) is 0 Å². The molecule has 0 bridgehead atoms. The van der Waals surface area contributed by atoms with Crippen molar-refractivity contribution in [3.8, 4) is 5.75 Å². The fourth-order valence-corrected chi connectivity index (χ4v) is 3.85. The van der Waals surface area contributed by atoms with Gasteiger partial charge in [-0.05, 0) is 55.6 Å². The summed E-state index contributed by atoms with van der Waals surface area (Å²) in [5, 5.41) is 3.51. The van der Waals surface area contributed by atoms with E-state index in [4.69, 9.17) is 4.74 Å². The maximum atomic E-state index is 5.33. The van der Waals surface area contributed by atoms with E-state index >= 15 is 0 Å². The van der Waals surface area contributed by atoms with E-state index in [1.807, 2.05) is 6.07 Å². The van der Waals surface area contributed by atoms with E-state index in [1.165, 1.54) is 29.7 Å². The van der Waals surface area contributed by atoms with Crippen LogP contribution in [0.25, 0.3) is 0 Å². The van der Waals surface area contributed by atoms with Crippen LogP contribution in [0.15, 0.2) is 22.7 Å². The van der Waals surface area contributed by atoms with Gasteiger partial charge in [0, 0.05) is 23.6 Å². The van der Waals surface area contributed by atoms with Crippen LogP contribution in [0.2, 0.25) is 0 Å². The predicted octanol–water partition coefficient (Wildman–Crippen LogP) is 2.50. The predicted molar refractivity (Wildman–Crippen MR) is 80.4 cm³/mol. The van der Waals surface area contributed by atoms with Crippen molar-refractivity contribution < 1.29 is 4.74 Å². The molecule has 3 atom stereocenters. The van der Waals surface area contributed by atoms with Gasteiger partial charge in [0.25, 0.3) is 0 Å². The summed E-state index contributed by atoms with van der Waals surface area (Å²) in [4.78, 5) is 2.61. The normalized spacial score (nSPS) is 30.6. The van der Waals surface area contributed by atoms with Gasteiger partial charge in [-0.2, -0.15) is 0 Å². The lowest BCUT2D eigenvalue weighted by Gasteiger charge is -2.25. The Morgan fingerprint density at radius 1 is 1.42 bits per heavy atom. The smallest absolute Gasteiger partial charge is 0.119 e. The third-order valence-electron chi connectivity index (χ3n) is 4.68. The highest BCUT2D eigenvalue weighted by atomic mass is 79.9. The molecule has 1 N–H and O–H groups in total. The summed E-state index contributed by atoms with van der Waals surface area (Å²) in [5.41, 5.74) is 1.32. The molecule has 0 saturated carbocycles. The second-order valence-corrected chi connectivity index (χ2v) is 6.56. The molecule has 0 radical (unpaired) electrons. The number of hydrogen-bond donors (Lipinski definition) is 1. The van der Waals surface area contributed by atoms with Crippen LogP contribution in [0.5, 0.6) is 5.75 Å². The zero-order chi connectivity index (χ0) is 13.4. The summed E-state index contributed by atoms with van der Waals surface area (Å²) in [6, 6.07) is 6.89. The molecule has 3 unspecified atom stereocenters. The van der Waals surface area contributed by atoms with Gasteiger partial charge in [0.1, 0.15) is 5.75 Å². The summed E-state index contributed by atoms with van der Waals surface area (Å²) in [6.07, 6.45) is 0. The molecule has 0 spiro atoms. The summed E-state index contributed by atoms with van der Waals surface area (Å²) >= 11 is 3.65. The van der Waals surface area contributed by atoms with Gasteiger partial charge >= 0.3 is 0 Å². The molecule has 0 aromatic heterocycles. The molecule has 2 saturated heterocycles. The lowest BCUT2D eigenvalue weighted by molar-refractivity contribution is 0.231. The van der Waals surface area contributed by atoms with Crippen LogP contribution < -0.4 is 10.1 Å². The van der Waals surface area contributed by atoms with Crippen molar-refractivity contribution in [2.75, 3.05) is 26.7 Å². The van der Waals surface area contributed by atoms with E-state index in [2.05, 4.69) is 45.2 Å². The molecule has 2 fully saturated rings.